The predicted molar refractivity (Wildman–Crippen MR) is 151 cm³/mol. The molecule has 1 aromatic carbocycles. The van der Waals surface area contributed by atoms with Crippen LogP contribution in [0.3, 0.4) is 0 Å². The second kappa shape index (κ2) is 12.0. The molecule has 0 aliphatic carbocycles. The minimum atomic E-state index is -0.452. The van der Waals surface area contributed by atoms with Gasteiger partial charge in [-0.25, -0.2) is 14.4 Å². The molecular formula is C27H32Cl2FN7O. The summed E-state index contributed by atoms with van der Waals surface area (Å²) in [6.45, 7) is 9.76. The number of rotatable bonds is 7. The molecule has 0 spiro atoms. The van der Waals surface area contributed by atoms with Gasteiger partial charge in [0, 0.05) is 70.2 Å². The van der Waals surface area contributed by atoms with Gasteiger partial charge in [-0.05, 0) is 42.8 Å². The molecule has 3 aromatic rings. The second-order valence-electron chi connectivity index (χ2n) is 9.65. The van der Waals surface area contributed by atoms with E-state index >= 15 is 0 Å². The molecule has 0 saturated carbocycles. The predicted octanol–water partition coefficient (Wildman–Crippen LogP) is 4.34. The van der Waals surface area contributed by atoms with E-state index in [-0.39, 0.29) is 11.6 Å². The summed E-state index contributed by atoms with van der Waals surface area (Å²) in [5, 5.41) is 9.95. The average Bonchev–Trinajstić information content (AvgIpc) is 2.95. The lowest BCUT2D eigenvalue weighted by Crippen LogP contribution is -2.48. The van der Waals surface area contributed by atoms with E-state index in [1.54, 1.807) is 24.4 Å². The molecule has 202 valence electrons. The number of aromatic nitrogens is 3. The summed E-state index contributed by atoms with van der Waals surface area (Å²) in [4.78, 5) is 23.4. The maximum atomic E-state index is 13.9. The maximum Gasteiger partial charge on any atom is 0.227 e. The first kappa shape index (κ1) is 26.9. The second-order valence-corrected chi connectivity index (χ2v) is 10.5. The molecule has 2 saturated heterocycles. The van der Waals surface area contributed by atoms with E-state index in [1.165, 1.54) is 6.07 Å². The Morgan fingerprint density at radius 2 is 1.58 bits per heavy atom. The van der Waals surface area contributed by atoms with E-state index in [0.717, 1.165) is 88.2 Å². The van der Waals surface area contributed by atoms with Crippen LogP contribution in [-0.2, 0) is 6.61 Å². The first-order valence-corrected chi connectivity index (χ1v) is 13.8. The van der Waals surface area contributed by atoms with E-state index in [9.17, 15) is 9.50 Å². The topological polar surface area (TPSA) is 71.9 Å². The van der Waals surface area contributed by atoms with Gasteiger partial charge in [-0.3, -0.25) is 4.90 Å². The van der Waals surface area contributed by atoms with Crippen molar-refractivity contribution in [2.75, 3.05) is 73.6 Å². The number of piperazine rings is 2. The average molecular weight is 561 g/mol. The van der Waals surface area contributed by atoms with Crippen LogP contribution < -0.4 is 14.7 Å². The number of aliphatic hydroxyl groups is 1. The zero-order valence-corrected chi connectivity index (χ0v) is 23.0. The summed E-state index contributed by atoms with van der Waals surface area (Å²) in [5.74, 6) is 1.78. The fourth-order valence-corrected chi connectivity index (χ4v) is 5.44. The molecule has 1 N–H and O–H groups in total. The smallest absolute Gasteiger partial charge is 0.227 e. The van der Waals surface area contributed by atoms with Crippen molar-refractivity contribution in [3.8, 4) is 11.3 Å². The van der Waals surface area contributed by atoms with Gasteiger partial charge in [0.15, 0.2) is 0 Å². The quantitative estimate of drug-likeness (QED) is 0.458. The van der Waals surface area contributed by atoms with Crippen LogP contribution in [0.4, 0.5) is 22.0 Å². The van der Waals surface area contributed by atoms with Gasteiger partial charge in [-0.1, -0.05) is 30.1 Å². The molecule has 0 atom stereocenters. The van der Waals surface area contributed by atoms with Gasteiger partial charge in [0.2, 0.25) is 5.95 Å². The van der Waals surface area contributed by atoms with Gasteiger partial charge in [-0.2, -0.15) is 4.98 Å². The van der Waals surface area contributed by atoms with E-state index in [2.05, 4.69) is 31.5 Å². The zero-order valence-electron chi connectivity index (χ0n) is 21.5. The third-order valence-electron chi connectivity index (χ3n) is 7.08. The molecule has 0 amide bonds. The van der Waals surface area contributed by atoms with E-state index < -0.39 is 5.82 Å². The molecule has 0 radical (unpaired) electrons. The van der Waals surface area contributed by atoms with Crippen LogP contribution in [0.5, 0.6) is 0 Å². The summed E-state index contributed by atoms with van der Waals surface area (Å²) < 4.78 is 13.9. The Hall–Kier alpha value is -2.72. The molecule has 5 rings (SSSR count). The summed E-state index contributed by atoms with van der Waals surface area (Å²) in [7, 11) is 0. The molecule has 11 heteroatoms. The normalized spacial score (nSPS) is 16.8. The van der Waals surface area contributed by atoms with Gasteiger partial charge in [0.1, 0.15) is 17.5 Å². The molecule has 8 nitrogen and oxygen atoms in total. The molecule has 38 heavy (non-hydrogen) atoms. The number of hydrogen-bond donors (Lipinski definition) is 1. The van der Waals surface area contributed by atoms with Crippen LogP contribution in [0.2, 0.25) is 10.0 Å². The van der Waals surface area contributed by atoms with Gasteiger partial charge < -0.3 is 19.8 Å². The minimum Gasteiger partial charge on any atom is -0.392 e. The monoisotopic (exact) mass is 559 g/mol. The number of anilines is 3. The van der Waals surface area contributed by atoms with E-state index in [4.69, 9.17) is 33.2 Å². The van der Waals surface area contributed by atoms with Crippen LogP contribution in [0, 0.1) is 5.82 Å². The Morgan fingerprint density at radius 3 is 2.24 bits per heavy atom. The molecule has 2 fully saturated rings. The molecule has 0 bridgehead atoms. The zero-order chi connectivity index (χ0) is 26.6. The molecule has 4 heterocycles. The number of nitrogens with zero attached hydrogens (tertiary/aromatic N) is 7. The largest absolute Gasteiger partial charge is 0.392 e. The first-order chi connectivity index (χ1) is 18.4. The van der Waals surface area contributed by atoms with Crippen molar-refractivity contribution in [3.63, 3.8) is 0 Å². The number of halogens is 3. The van der Waals surface area contributed by atoms with Crippen LogP contribution in [0.15, 0.2) is 36.5 Å². The standard InChI is InChI=1S/C27H32Cl2FN7O/c1-2-5-34-6-8-37(9-7-34)27-32-24(20-3-4-23(30)21(28)15-20)16-25(33-27)35-10-12-36(13-11-35)26-22(29)14-19(18-38)17-31-26/h3-4,14-17,38H,2,5-13,18H2,1H3. The molecule has 0 unspecified atom stereocenters. The lowest BCUT2D eigenvalue weighted by molar-refractivity contribution is 0.257. The summed E-state index contributed by atoms with van der Waals surface area (Å²) >= 11 is 12.6. The van der Waals surface area contributed by atoms with Crippen molar-refractivity contribution in [3.05, 3.63) is 58.0 Å². The van der Waals surface area contributed by atoms with Crippen molar-refractivity contribution in [2.24, 2.45) is 0 Å². The Balaban J connectivity index is 1.39. The van der Waals surface area contributed by atoms with Crippen LogP contribution in [-0.4, -0.2) is 83.9 Å². The number of aliphatic hydroxyl groups excluding tert-OH is 1. The molecule has 2 aliphatic heterocycles. The Bertz CT molecular complexity index is 1260. The SMILES string of the molecule is CCCN1CCN(c2nc(-c3ccc(F)c(Cl)c3)cc(N3CCN(c4ncc(CO)cc4Cl)CC3)n2)CC1. The van der Waals surface area contributed by atoms with Crippen LogP contribution in [0.1, 0.15) is 18.9 Å². The third kappa shape index (κ3) is 5.96. The van der Waals surface area contributed by atoms with Crippen molar-refractivity contribution in [1.82, 2.24) is 19.9 Å². The molecule has 2 aromatic heterocycles. The van der Waals surface area contributed by atoms with Crippen LogP contribution >= 0.6 is 23.2 Å². The highest BCUT2D eigenvalue weighted by molar-refractivity contribution is 6.33. The third-order valence-corrected chi connectivity index (χ3v) is 7.64. The summed E-state index contributed by atoms with van der Waals surface area (Å²) in [6.07, 6.45) is 2.80. The Kier molecular flexibility index (Phi) is 8.48. The summed E-state index contributed by atoms with van der Waals surface area (Å²) in [6, 6.07) is 8.41. The summed E-state index contributed by atoms with van der Waals surface area (Å²) in [5.41, 5.74) is 2.16. The molecular weight excluding hydrogens is 528 g/mol. The van der Waals surface area contributed by atoms with Crippen molar-refractivity contribution in [2.45, 2.75) is 20.0 Å². The number of hydrogen-bond acceptors (Lipinski definition) is 8. The molecule has 2 aliphatic rings. The van der Waals surface area contributed by atoms with E-state index in [1.807, 2.05) is 6.07 Å². The number of benzene rings is 1. The highest BCUT2D eigenvalue weighted by atomic mass is 35.5. The van der Waals surface area contributed by atoms with Crippen LogP contribution in [0.25, 0.3) is 11.3 Å². The van der Waals surface area contributed by atoms with Gasteiger partial charge in [-0.15, -0.1) is 0 Å². The van der Waals surface area contributed by atoms with Crippen molar-refractivity contribution in [1.29, 1.82) is 0 Å². The van der Waals surface area contributed by atoms with Gasteiger partial charge in [0.05, 0.1) is 22.3 Å². The lowest BCUT2D eigenvalue weighted by Gasteiger charge is -2.37. The van der Waals surface area contributed by atoms with Gasteiger partial charge in [0.25, 0.3) is 0 Å². The van der Waals surface area contributed by atoms with Crippen molar-refractivity contribution < 1.29 is 9.50 Å². The van der Waals surface area contributed by atoms with Gasteiger partial charge >= 0.3 is 0 Å². The lowest BCUT2D eigenvalue weighted by atomic mass is 10.1. The Morgan fingerprint density at radius 1 is 0.868 bits per heavy atom. The maximum absolute atomic E-state index is 13.9. The fourth-order valence-electron chi connectivity index (χ4n) is 4.95. The van der Waals surface area contributed by atoms with Crippen molar-refractivity contribution >= 4 is 40.8 Å². The highest BCUT2D eigenvalue weighted by Crippen LogP contribution is 2.30. The fraction of sp³-hybridized carbons (Fsp3) is 0.444. The van der Waals surface area contributed by atoms with E-state index in [0.29, 0.717) is 16.5 Å². The number of pyridine rings is 1. The Labute approximate surface area is 232 Å². The first-order valence-electron chi connectivity index (χ1n) is 13.0. The highest BCUT2D eigenvalue weighted by Gasteiger charge is 2.25. The minimum absolute atomic E-state index is 0.0719.